The summed E-state index contributed by atoms with van der Waals surface area (Å²) in [6.45, 7) is 4.95. The molecule has 0 radical (unpaired) electrons. The molecule has 142 valence electrons. The largest absolute Gasteiger partial charge is 0.360 e. The number of aromatic nitrogens is 1. The minimum atomic E-state index is -3.49. The van der Waals surface area contributed by atoms with Gasteiger partial charge in [0.1, 0.15) is 0 Å². The lowest BCUT2D eigenvalue weighted by atomic mass is 9.57. The van der Waals surface area contributed by atoms with Crippen molar-refractivity contribution in [3.05, 3.63) is 47.9 Å². The van der Waals surface area contributed by atoms with E-state index in [1.165, 1.54) is 0 Å². The summed E-state index contributed by atoms with van der Waals surface area (Å²) in [5, 5.41) is 4.16. The van der Waals surface area contributed by atoms with Crippen LogP contribution in [0.15, 0.2) is 45.8 Å². The highest BCUT2D eigenvalue weighted by Gasteiger charge is 2.49. The highest BCUT2D eigenvalue weighted by molar-refractivity contribution is 7.89. The van der Waals surface area contributed by atoms with Gasteiger partial charge in [-0.1, -0.05) is 37.2 Å². The minimum Gasteiger partial charge on any atom is -0.360 e. The first-order valence-corrected chi connectivity index (χ1v) is 10.3. The Bertz CT molecular complexity index is 844. The van der Waals surface area contributed by atoms with E-state index < -0.39 is 10.0 Å². The SMILES string of the molecule is CN(C)Cc1cc(CC2CC(NS(=O)(=O)c3ccccc3)C2(C)C)no1. The van der Waals surface area contributed by atoms with E-state index >= 15 is 0 Å². The van der Waals surface area contributed by atoms with Crippen LogP contribution < -0.4 is 4.72 Å². The molecular formula is C19H27N3O3S. The second-order valence-electron chi connectivity index (χ2n) is 7.97. The second-order valence-corrected chi connectivity index (χ2v) is 9.68. The molecule has 1 aromatic heterocycles. The van der Waals surface area contributed by atoms with Crippen LogP contribution in [0.1, 0.15) is 31.7 Å². The van der Waals surface area contributed by atoms with Crippen LogP contribution in [-0.2, 0) is 23.0 Å². The zero-order valence-corrected chi connectivity index (χ0v) is 16.6. The van der Waals surface area contributed by atoms with E-state index in [1.54, 1.807) is 24.3 Å². The van der Waals surface area contributed by atoms with Crippen molar-refractivity contribution in [1.82, 2.24) is 14.8 Å². The molecule has 2 unspecified atom stereocenters. The third kappa shape index (κ3) is 4.00. The summed E-state index contributed by atoms with van der Waals surface area (Å²) >= 11 is 0. The van der Waals surface area contributed by atoms with Crippen LogP contribution in [0.25, 0.3) is 0 Å². The third-order valence-electron chi connectivity index (χ3n) is 5.36. The average Bonchev–Trinajstić information content (AvgIpc) is 3.01. The normalized spacial score (nSPS) is 22.3. The molecule has 1 aromatic carbocycles. The first-order valence-electron chi connectivity index (χ1n) is 8.85. The van der Waals surface area contributed by atoms with E-state index in [0.29, 0.717) is 10.8 Å². The van der Waals surface area contributed by atoms with Gasteiger partial charge in [-0.3, -0.25) is 0 Å². The van der Waals surface area contributed by atoms with E-state index in [0.717, 1.165) is 30.8 Å². The van der Waals surface area contributed by atoms with E-state index in [1.807, 2.05) is 31.1 Å². The quantitative estimate of drug-likeness (QED) is 0.803. The zero-order chi connectivity index (χ0) is 18.9. The lowest BCUT2D eigenvalue weighted by Gasteiger charge is -2.52. The summed E-state index contributed by atoms with van der Waals surface area (Å²) in [5.41, 5.74) is 0.798. The van der Waals surface area contributed by atoms with E-state index in [4.69, 9.17) is 4.52 Å². The number of hydrogen-bond donors (Lipinski definition) is 1. The van der Waals surface area contributed by atoms with Gasteiger partial charge in [0, 0.05) is 12.1 Å². The van der Waals surface area contributed by atoms with Gasteiger partial charge in [0.2, 0.25) is 10.0 Å². The molecular weight excluding hydrogens is 350 g/mol. The van der Waals surface area contributed by atoms with Gasteiger partial charge in [-0.2, -0.15) is 0 Å². The maximum absolute atomic E-state index is 12.6. The lowest BCUT2D eigenvalue weighted by Crippen LogP contribution is -2.58. The minimum absolute atomic E-state index is 0.0779. The molecule has 1 heterocycles. The second kappa shape index (κ2) is 7.13. The molecule has 1 aliphatic carbocycles. The van der Waals surface area contributed by atoms with Gasteiger partial charge in [-0.05, 0) is 50.4 Å². The molecule has 0 amide bonds. The molecule has 7 heteroatoms. The first kappa shape index (κ1) is 19.1. The van der Waals surface area contributed by atoms with Crippen LogP contribution in [-0.4, -0.2) is 38.6 Å². The fourth-order valence-electron chi connectivity index (χ4n) is 3.51. The molecule has 6 nitrogen and oxygen atoms in total. The van der Waals surface area contributed by atoms with Gasteiger partial charge in [0.15, 0.2) is 5.76 Å². The fraction of sp³-hybridized carbons (Fsp3) is 0.526. The predicted octanol–water partition coefficient (Wildman–Crippen LogP) is 2.67. The molecule has 2 atom stereocenters. The number of nitrogens with zero attached hydrogens (tertiary/aromatic N) is 2. The fourth-order valence-corrected chi connectivity index (χ4v) is 4.93. The van der Waals surface area contributed by atoms with Crippen LogP contribution in [0.4, 0.5) is 0 Å². The Morgan fingerprint density at radius 2 is 1.96 bits per heavy atom. The van der Waals surface area contributed by atoms with Gasteiger partial charge in [0.25, 0.3) is 0 Å². The number of sulfonamides is 1. The summed E-state index contributed by atoms with van der Waals surface area (Å²) in [4.78, 5) is 2.34. The Morgan fingerprint density at radius 1 is 1.27 bits per heavy atom. The van der Waals surface area contributed by atoms with Crippen molar-refractivity contribution in [3.63, 3.8) is 0 Å². The molecule has 0 spiro atoms. The summed E-state index contributed by atoms with van der Waals surface area (Å²) in [7, 11) is 0.487. The topological polar surface area (TPSA) is 75.4 Å². The molecule has 1 saturated carbocycles. The van der Waals surface area contributed by atoms with Crippen LogP contribution in [0.3, 0.4) is 0 Å². The monoisotopic (exact) mass is 377 g/mol. The smallest absolute Gasteiger partial charge is 0.240 e. The van der Waals surface area contributed by atoms with Gasteiger partial charge < -0.3 is 9.42 Å². The van der Waals surface area contributed by atoms with Crippen molar-refractivity contribution in [1.29, 1.82) is 0 Å². The molecule has 0 aliphatic heterocycles. The average molecular weight is 378 g/mol. The van der Waals surface area contributed by atoms with Crippen molar-refractivity contribution in [2.75, 3.05) is 14.1 Å². The molecule has 0 bridgehead atoms. The van der Waals surface area contributed by atoms with Crippen LogP contribution in [0.2, 0.25) is 0 Å². The molecule has 0 saturated heterocycles. The standard InChI is InChI=1S/C19H27N3O3S/c1-19(2)14(10-15-12-16(25-20-15)13-22(3)4)11-18(19)21-26(23,24)17-8-6-5-7-9-17/h5-9,12,14,18,21H,10-11,13H2,1-4H3. The van der Waals surface area contributed by atoms with E-state index in [-0.39, 0.29) is 11.5 Å². The Morgan fingerprint density at radius 3 is 2.58 bits per heavy atom. The van der Waals surface area contributed by atoms with Crippen LogP contribution in [0.5, 0.6) is 0 Å². The molecule has 1 N–H and O–H groups in total. The van der Waals surface area contributed by atoms with Crippen molar-refractivity contribution in [2.45, 2.75) is 44.2 Å². The van der Waals surface area contributed by atoms with E-state index in [9.17, 15) is 8.42 Å². The van der Waals surface area contributed by atoms with Gasteiger partial charge in [0.05, 0.1) is 17.1 Å². The maximum atomic E-state index is 12.6. The summed E-state index contributed by atoms with van der Waals surface area (Å²) in [6.07, 6.45) is 1.60. The summed E-state index contributed by atoms with van der Waals surface area (Å²) in [5.74, 6) is 1.21. The molecule has 2 aromatic rings. The van der Waals surface area contributed by atoms with Crippen molar-refractivity contribution >= 4 is 10.0 Å². The Kier molecular flexibility index (Phi) is 5.23. The molecule has 1 fully saturated rings. The maximum Gasteiger partial charge on any atom is 0.240 e. The van der Waals surface area contributed by atoms with Crippen molar-refractivity contribution < 1.29 is 12.9 Å². The van der Waals surface area contributed by atoms with Gasteiger partial charge >= 0.3 is 0 Å². The third-order valence-corrected chi connectivity index (χ3v) is 6.84. The van der Waals surface area contributed by atoms with Gasteiger partial charge in [-0.25, -0.2) is 13.1 Å². The van der Waals surface area contributed by atoms with Crippen LogP contribution >= 0.6 is 0 Å². The Balaban J connectivity index is 1.62. The highest BCUT2D eigenvalue weighted by atomic mass is 32.2. The number of benzene rings is 1. The first-order chi connectivity index (χ1) is 12.2. The van der Waals surface area contributed by atoms with Gasteiger partial charge in [-0.15, -0.1) is 0 Å². The number of rotatable bonds is 7. The molecule has 3 rings (SSSR count). The Labute approximate surface area is 155 Å². The summed E-state index contributed by atoms with van der Waals surface area (Å²) in [6, 6.07) is 10.4. The predicted molar refractivity (Wildman–Crippen MR) is 100 cm³/mol. The lowest BCUT2D eigenvalue weighted by molar-refractivity contribution is 0.0270. The summed E-state index contributed by atoms with van der Waals surface area (Å²) < 4.78 is 33.3. The number of nitrogens with one attached hydrogen (secondary N) is 1. The molecule has 1 aliphatic rings. The highest BCUT2D eigenvalue weighted by Crippen LogP contribution is 2.48. The zero-order valence-electron chi connectivity index (χ0n) is 15.8. The van der Waals surface area contributed by atoms with Crippen molar-refractivity contribution in [2.24, 2.45) is 11.3 Å². The number of hydrogen-bond acceptors (Lipinski definition) is 5. The van der Waals surface area contributed by atoms with Crippen molar-refractivity contribution in [3.8, 4) is 0 Å². The van der Waals surface area contributed by atoms with Crippen LogP contribution in [0, 0.1) is 11.3 Å². The van der Waals surface area contributed by atoms with E-state index in [2.05, 4.69) is 23.7 Å². The Hall–Kier alpha value is -1.70. The molecule has 26 heavy (non-hydrogen) atoms.